The van der Waals surface area contributed by atoms with Gasteiger partial charge >= 0.3 is 6.48 Å². The van der Waals surface area contributed by atoms with E-state index in [1.807, 2.05) is 18.2 Å². The molecule has 2 rings (SSSR count). The van der Waals surface area contributed by atoms with Crippen LogP contribution in [0.25, 0.3) is 0 Å². The first-order valence-corrected chi connectivity index (χ1v) is 3.85. The lowest BCUT2D eigenvalue weighted by Crippen LogP contribution is -2.27. The Morgan fingerprint density at radius 3 is 3.15 bits per heavy atom. The standard InChI is InChI=1S/C9H8O4/c10-6-12-9-11-5-7-3-1-2-4-8(7)13-9/h1-4,6,9H,5H2. The zero-order valence-corrected chi connectivity index (χ0v) is 6.80. The number of para-hydroxylation sites is 1. The Morgan fingerprint density at radius 2 is 2.31 bits per heavy atom. The smallest absolute Gasteiger partial charge is 0.363 e. The number of hydrogen-bond acceptors (Lipinski definition) is 4. The normalized spacial score (nSPS) is 19.8. The second-order valence-corrected chi connectivity index (χ2v) is 2.56. The van der Waals surface area contributed by atoms with Gasteiger partial charge in [0.1, 0.15) is 5.75 Å². The van der Waals surface area contributed by atoms with Gasteiger partial charge in [0.2, 0.25) is 0 Å². The number of fused-ring (bicyclic) bond motifs is 1. The Bertz CT molecular complexity index is 310. The number of rotatable bonds is 2. The molecule has 0 aliphatic carbocycles. The second kappa shape index (κ2) is 3.45. The van der Waals surface area contributed by atoms with Crippen molar-refractivity contribution < 1.29 is 19.0 Å². The Balaban J connectivity index is 2.15. The molecule has 1 aliphatic rings. The van der Waals surface area contributed by atoms with E-state index in [0.717, 1.165) is 5.56 Å². The zero-order chi connectivity index (χ0) is 9.10. The summed E-state index contributed by atoms with van der Waals surface area (Å²) in [4.78, 5) is 10.0. The van der Waals surface area contributed by atoms with Crippen molar-refractivity contribution in [3.63, 3.8) is 0 Å². The lowest BCUT2D eigenvalue weighted by Gasteiger charge is -2.23. The number of hydrogen-bond donors (Lipinski definition) is 0. The molecule has 0 N–H and O–H groups in total. The summed E-state index contributed by atoms with van der Waals surface area (Å²) in [5.41, 5.74) is 0.952. The fourth-order valence-electron chi connectivity index (χ4n) is 1.15. The van der Waals surface area contributed by atoms with E-state index in [2.05, 4.69) is 4.74 Å². The molecule has 4 nitrogen and oxygen atoms in total. The summed E-state index contributed by atoms with van der Waals surface area (Å²) in [5, 5.41) is 0. The van der Waals surface area contributed by atoms with Gasteiger partial charge in [-0.15, -0.1) is 0 Å². The summed E-state index contributed by atoms with van der Waals surface area (Å²) in [6.07, 6.45) is 0. The van der Waals surface area contributed by atoms with Gasteiger partial charge in [0.05, 0.1) is 6.61 Å². The first-order chi connectivity index (χ1) is 6.40. The third-order valence-electron chi connectivity index (χ3n) is 1.74. The highest BCUT2D eigenvalue weighted by molar-refractivity contribution is 5.38. The van der Waals surface area contributed by atoms with Crippen molar-refractivity contribution in [1.82, 2.24) is 0 Å². The molecule has 0 aromatic heterocycles. The molecule has 0 amide bonds. The molecule has 1 aromatic carbocycles. The van der Waals surface area contributed by atoms with Crippen molar-refractivity contribution >= 4 is 6.47 Å². The third-order valence-corrected chi connectivity index (χ3v) is 1.74. The van der Waals surface area contributed by atoms with Crippen molar-refractivity contribution in [3.8, 4) is 5.75 Å². The van der Waals surface area contributed by atoms with E-state index in [0.29, 0.717) is 18.8 Å². The van der Waals surface area contributed by atoms with Crippen molar-refractivity contribution in [2.24, 2.45) is 0 Å². The molecule has 1 aromatic rings. The predicted octanol–water partition coefficient (Wildman–Crippen LogP) is 1.05. The van der Waals surface area contributed by atoms with E-state index in [4.69, 9.17) is 9.47 Å². The molecule has 1 heterocycles. The third kappa shape index (κ3) is 1.62. The van der Waals surface area contributed by atoms with Gasteiger partial charge in [-0.3, -0.25) is 4.79 Å². The SMILES string of the molecule is O=COC1OCc2ccccc2O1. The summed E-state index contributed by atoms with van der Waals surface area (Å²) >= 11 is 0. The van der Waals surface area contributed by atoms with Crippen molar-refractivity contribution in [3.05, 3.63) is 29.8 Å². The summed E-state index contributed by atoms with van der Waals surface area (Å²) in [6, 6.07) is 7.44. The maximum absolute atomic E-state index is 10.0. The number of carbonyl (C=O) groups is 1. The summed E-state index contributed by atoms with van der Waals surface area (Å²) < 4.78 is 14.8. The quantitative estimate of drug-likeness (QED) is 0.638. The van der Waals surface area contributed by atoms with Gasteiger partial charge in [-0.1, -0.05) is 18.2 Å². The topological polar surface area (TPSA) is 44.8 Å². The highest BCUT2D eigenvalue weighted by Gasteiger charge is 2.19. The van der Waals surface area contributed by atoms with E-state index in [-0.39, 0.29) is 0 Å². The van der Waals surface area contributed by atoms with Gasteiger partial charge in [0.15, 0.2) is 0 Å². The highest BCUT2D eigenvalue weighted by Crippen LogP contribution is 2.25. The Hall–Kier alpha value is -1.55. The second-order valence-electron chi connectivity index (χ2n) is 2.56. The van der Waals surface area contributed by atoms with Crippen LogP contribution >= 0.6 is 0 Å². The molecule has 1 unspecified atom stereocenters. The molecule has 4 heteroatoms. The van der Waals surface area contributed by atoms with Crippen LogP contribution in [0.5, 0.6) is 5.75 Å². The average molecular weight is 180 g/mol. The van der Waals surface area contributed by atoms with Crippen LogP contribution in [0.3, 0.4) is 0 Å². The van der Waals surface area contributed by atoms with Crippen LogP contribution in [0, 0.1) is 0 Å². The van der Waals surface area contributed by atoms with E-state index < -0.39 is 6.48 Å². The molecule has 0 saturated heterocycles. The number of carbonyl (C=O) groups excluding carboxylic acids is 1. The minimum atomic E-state index is -0.910. The van der Waals surface area contributed by atoms with Crippen LogP contribution in [0.4, 0.5) is 0 Å². The maximum Gasteiger partial charge on any atom is 0.363 e. The molecule has 0 fully saturated rings. The van der Waals surface area contributed by atoms with Gasteiger partial charge in [-0.05, 0) is 6.07 Å². The van der Waals surface area contributed by atoms with Gasteiger partial charge in [-0.2, -0.15) is 0 Å². The Kier molecular flexibility index (Phi) is 2.14. The summed E-state index contributed by atoms with van der Waals surface area (Å²) in [7, 11) is 0. The average Bonchev–Trinajstić information content (AvgIpc) is 2.18. The number of ether oxygens (including phenoxy) is 3. The van der Waals surface area contributed by atoms with Crippen LogP contribution < -0.4 is 4.74 Å². The summed E-state index contributed by atoms with van der Waals surface area (Å²) in [5.74, 6) is 0.695. The molecule has 13 heavy (non-hydrogen) atoms. The molecule has 1 atom stereocenters. The molecule has 68 valence electrons. The van der Waals surface area contributed by atoms with Crippen LogP contribution in [0.1, 0.15) is 5.56 Å². The van der Waals surface area contributed by atoms with Crippen molar-refractivity contribution in [2.45, 2.75) is 13.1 Å². The first-order valence-electron chi connectivity index (χ1n) is 3.85. The monoisotopic (exact) mass is 180 g/mol. The van der Waals surface area contributed by atoms with E-state index in [9.17, 15) is 4.79 Å². The summed E-state index contributed by atoms with van der Waals surface area (Å²) in [6.45, 7) is -0.208. The zero-order valence-electron chi connectivity index (χ0n) is 6.80. The minimum absolute atomic E-state index is 0.304. The largest absolute Gasteiger partial charge is 0.432 e. The van der Waals surface area contributed by atoms with E-state index in [1.165, 1.54) is 0 Å². The van der Waals surface area contributed by atoms with Crippen LogP contribution in [-0.2, 0) is 20.9 Å². The lowest BCUT2D eigenvalue weighted by atomic mass is 10.2. The number of benzene rings is 1. The van der Waals surface area contributed by atoms with Gasteiger partial charge in [0, 0.05) is 5.56 Å². The van der Waals surface area contributed by atoms with Gasteiger partial charge < -0.3 is 14.2 Å². The predicted molar refractivity (Wildman–Crippen MR) is 42.8 cm³/mol. The fourth-order valence-corrected chi connectivity index (χ4v) is 1.15. The molecule has 0 saturated carbocycles. The van der Waals surface area contributed by atoms with Gasteiger partial charge in [-0.25, -0.2) is 0 Å². The van der Waals surface area contributed by atoms with Crippen molar-refractivity contribution in [1.29, 1.82) is 0 Å². The molecule has 1 aliphatic heterocycles. The molecule has 0 bridgehead atoms. The molecule has 0 radical (unpaired) electrons. The van der Waals surface area contributed by atoms with Gasteiger partial charge in [0.25, 0.3) is 6.47 Å². The fraction of sp³-hybridized carbons (Fsp3) is 0.222. The Labute approximate surface area is 75.0 Å². The van der Waals surface area contributed by atoms with E-state index in [1.54, 1.807) is 6.07 Å². The highest BCUT2D eigenvalue weighted by atomic mass is 16.9. The Morgan fingerprint density at radius 1 is 1.46 bits per heavy atom. The molecular formula is C9H8O4. The van der Waals surface area contributed by atoms with Crippen LogP contribution in [-0.4, -0.2) is 12.9 Å². The van der Waals surface area contributed by atoms with E-state index >= 15 is 0 Å². The molecule has 0 spiro atoms. The van der Waals surface area contributed by atoms with Crippen LogP contribution in [0.15, 0.2) is 24.3 Å². The lowest BCUT2D eigenvalue weighted by molar-refractivity contribution is -0.245. The minimum Gasteiger partial charge on any atom is -0.432 e. The van der Waals surface area contributed by atoms with Crippen LogP contribution in [0.2, 0.25) is 0 Å². The maximum atomic E-state index is 10.0. The molecular weight excluding hydrogens is 172 g/mol. The van der Waals surface area contributed by atoms with Crippen molar-refractivity contribution in [2.75, 3.05) is 0 Å². The first kappa shape index (κ1) is 8.07.